The van der Waals surface area contributed by atoms with Gasteiger partial charge in [-0.3, -0.25) is 14.4 Å². The van der Waals surface area contributed by atoms with Crippen LogP contribution in [0.3, 0.4) is 0 Å². The van der Waals surface area contributed by atoms with Gasteiger partial charge in [0.25, 0.3) is 0 Å². The quantitative estimate of drug-likeness (QED) is 0.251. The van der Waals surface area contributed by atoms with Gasteiger partial charge < -0.3 is 32.3 Å². The van der Waals surface area contributed by atoms with Crippen LogP contribution in [-0.4, -0.2) is 58.6 Å². The maximum absolute atomic E-state index is 12.2. The Morgan fingerprint density at radius 3 is 2.04 bits per heavy atom. The van der Waals surface area contributed by atoms with E-state index in [2.05, 4.69) is 10.6 Å². The molecule has 0 aliphatic heterocycles. The number of rotatable bonds is 10. The van der Waals surface area contributed by atoms with Gasteiger partial charge in [0.15, 0.2) is 0 Å². The van der Waals surface area contributed by atoms with Gasteiger partial charge in [-0.2, -0.15) is 0 Å². The van der Waals surface area contributed by atoms with Gasteiger partial charge in [-0.1, -0.05) is 13.8 Å². The van der Waals surface area contributed by atoms with Crippen LogP contribution in [0, 0.1) is 5.92 Å². The van der Waals surface area contributed by atoms with E-state index in [1.165, 1.54) is 0 Å². The molecule has 3 amide bonds. The molecular formula is C13H24N4O6. The molecule has 0 fully saturated rings. The van der Waals surface area contributed by atoms with Crippen LogP contribution in [-0.2, 0) is 19.2 Å². The van der Waals surface area contributed by atoms with E-state index in [0.29, 0.717) is 0 Å². The fraction of sp³-hybridized carbons (Fsp3) is 0.692. The highest BCUT2D eigenvalue weighted by atomic mass is 16.4. The molecule has 0 aliphatic rings. The van der Waals surface area contributed by atoms with Crippen LogP contribution >= 0.6 is 0 Å². The summed E-state index contributed by atoms with van der Waals surface area (Å²) < 4.78 is 0. The number of primary amides is 1. The lowest BCUT2D eigenvalue weighted by Gasteiger charge is -2.24. The minimum atomic E-state index is -1.32. The van der Waals surface area contributed by atoms with Gasteiger partial charge in [0.2, 0.25) is 17.7 Å². The van der Waals surface area contributed by atoms with Crippen molar-refractivity contribution in [3.05, 3.63) is 0 Å². The Morgan fingerprint density at radius 1 is 1.09 bits per heavy atom. The molecule has 10 heteroatoms. The van der Waals surface area contributed by atoms with Crippen molar-refractivity contribution in [3.8, 4) is 0 Å². The minimum Gasteiger partial charge on any atom is -0.480 e. The Kier molecular flexibility index (Phi) is 8.81. The lowest BCUT2D eigenvalue weighted by Crippen LogP contribution is -2.56. The molecule has 0 saturated carbocycles. The number of carboxylic acid groups (broad SMARTS) is 1. The van der Waals surface area contributed by atoms with Crippen LogP contribution in [0.2, 0.25) is 0 Å². The van der Waals surface area contributed by atoms with E-state index in [1.54, 1.807) is 13.8 Å². The van der Waals surface area contributed by atoms with Gasteiger partial charge in [0.1, 0.15) is 18.1 Å². The predicted molar refractivity (Wildman–Crippen MR) is 79.8 cm³/mol. The van der Waals surface area contributed by atoms with Crippen molar-refractivity contribution in [2.75, 3.05) is 6.61 Å². The van der Waals surface area contributed by atoms with Crippen molar-refractivity contribution in [2.24, 2.45) is 17.4 Å². The molecule has 8 N–H and O–H groups in total. The van der Waals surface area contributed by atoms with Crippen molar-refractivity contribution >= 4 is 23.7 Å². The summed E-state index contributed by atoms with van der Waals surface area (Å²) in [5, 5.41) is 22.5. The summed E-state index contributed by atoms with van der Waals surface area (Å²) in [6, 6.07) is -3.52. The van der Waals surface area contributed by atoms with Gasteiger partial charge in [-0.05, 0) is 12.3 Å². The topological polar surface area (TPSA) is 185 Å². The lowest BCUT2D eigenvalue weighted by atomic mass is 10.0. The van der Waals surface area contributed by atoms with Crippen molar-refractivity contribution in [1.82, 2.24) is 10.6 Å². The average Bonchev–Trinajstić information content (AvgIpc) is 2.46. The molecule has 0 saturated heterocycles. The predicted octanol–water partition coefficient (Wildman–Crippen LogP) is -2.72. The van der Waals surface area contributed by atoms with Crippen LogP contribution in [0.1, 0.15) is 26.7 Å². The summed E-state index contributed by atoms with van der Waals surface area (Å²) in [6.45, 7) is 2.71. The fourth-order valence-electron chi connectivity index (χ4n) is 1.68. The maximum atomic E-state index is 12.2. The summed E-state index contributed by atoms with van der Waals surface area (Å²) in [5.41, 5.74) is 10.3. The normalized spacial score (nSPS) is 14.7. The summed E-state index contributed by atoms with van der Waals surface area (Å²) in [6.07, 6.45) is -0.364. The largest absolute Gasteiger partial charge is 0.480 e. The number of aliphatic hydroxyl groups excluding tert-OH is 1. The number of aliphatic hydroxyl groups is 1. The minimum absolute atomic E-state index is 0.161. The van der Waals surface area contributed by atoms with Gasteiger partial charge in [0.05, 0.1) is 6.61 Å². The molecule has 0 bridgehead atoms. The van der Waals surface area contributed by atoms with E-state index < -0.39 is 48.4 Å². The van der Waals surface area contributed by atoms with E-state index in [9.17, 15) is 19.2 Å². The van der Waals surface area contributed by atoms with Crippen LogP contribution in [0.5, 0.6) is 0 Å². The summed E-state index contributed by atoms with van der Waals surface area (Å²) in [4.78, 5) is 45.7. The molecule has 0 heterocycles. The van der Waals surface area contributed by atoms with Crippen LogP contribution < -0.4 is 22.1 Å². The third kappa shape index (κ3) is 7.56. The number of hydrogen-bond donors (Lipinski definition) is 6. The van der Waals surface area contributed by atoms with E-state index in [1.807, 2.05) is 0 Å². The Morgan fingerprint density at radius 2 is 1.65 bits per heavy atom. The number of aliphatic carboxylic acids is 1. The number of carboxylic acids is 1. The lowest BCUT2D eigenvalue weighted by molar-refractivity contribution is -0.142. The number of carbonyl (C=O) groups is 4. The van der Waals surface area contributed by atoms with Crippen LogP contribution in [0.15, 0.2) is 0 Å². The Bertz CT molecular complexity index is 454. The highest BCUT2D eigenvalue weighted by molar-refractivity contribution is 5.92. The van der Waals surface area contributed by atoms with Crippen molar-refractivity contribution in [2.45, 2.75) is 44.8 Å². The molecule has 0 unspecified atom stereocenters. The molecule has 0 radical (unpaired) electrons. The van der Waals surface area contributed by atoms with Gasteiger partial charge >= 0.3 is 5.97 Å². The fourth-order valence-corrected chi connectivity index (χ4v) is 1.68. The highest BCUT2D eigenvalue weighted by Crippen LogP contribution is 2.05. The molecule has 0 rings (SSSR count). The third-order valence-corrected chi connectivity index (χ3v) is 3.07. The number of nitrogens with one attached hydrogen (secondary N) is 2. The molecule has 23 heavy (non-hydrogen) atoms. The zero-order chi connectivity index (χ0) is 18.2. The highest BCUT2D eigenvalue weighted by Gasteiger charge is 2.29. The summed E-state index contributed by atoms with van der Waals surface area (Å²) in [5.74, 6) is -3.82. The van der Waals surface area contributed by atoms with Gasteiger partial charge in [0, 0.05) is 6.42 Å². The van der Waals surface area contributed by atoms with Crippen LogP contribution in [0.25, 0.3) is 0 Å². The van der Waals surface area contributed by atoms with E-state index in [-0.39, 0.29) is 18.8 Å². The first-order valence-electron chi connectivity index (χ1n) is 7.08. The SMILES string of the molecule is CC(C)[C@H](NC(=O)[C@@H](N)CO)C(=O)N[C@@H](CCC(N)=O)C(=O)O. The molecule has 0 aromatic rings. The van der Waals surface area contributed by atoms with Crippen molar-refractivity contribution in [1.29, 1.82) is 0 Å². The van der Waals surface area contributed by atoms with Crippen molar-refractivity contribution in [3.63, 3.8) is 0 Å². The molecule has 10 nitrogen and oxygen atoms in total. The molecular weight excluding hydrogens is 308 g/mol. The van der Waals surface area contributed by atoms with E-state index in [4.69, 9.17) is 21.7 Å². The second kappa shape index (κ2) is 9.74. The molecule has 0 aliphatic carbocycles. The third-order valence-electron chi connectivity index (χ3n) is 3.07. The number of hydrogen-bond acceptors (Lipinski definition) is 6. The Hall–Kier alpha value is -2.20. The number of nitrogens with two attached hydrogens (primary N) is 2. The Balaban J connectivity index is 4.91. The monoisotopic (exact) mass is 332 g/mol. The van der Waals surface area contributed by atoms with E-state index in [0.717, 1.165) is 0 Å². The number of carbonyl (C=O) groups excluding carboxylic acids is 3. The molecule has 0 spiro atoms. The Labute approximate surface area is 133 Å². The summed E-state index contributed by atoms with van der Waals surface area (Å²) in [7, 11) is 0. The van der Waals surface area contributed by atoms with E-state index >= 15 is 0 Å². The average molecular weight is 332 g/mol. The second-order valence-electron chi connectivity index (χ2n) is 5.42. The smallest absolute Gasteiger partial charge is 0.326 e. The second-order valence-corrected chi connectivity index (χ2v) is 5.42. The van der Waals surface area contributed by atoms with Crippen molar-refractivity contribution < 1.29 is 29.4 Å². The molecule has 0 aromatic carbocycles. The first-order valence-corrected chi connectivity index (χ1v) is 7.08. The molecule has 0 aromatic heterocycles. The zero-order valence-electron chi connectivity index (χ0n) is 13.1. The maximum Gasteiger partial charge on any atom is 0.326 e. The summed E-state index contributed by atoms with van der Waals surface area (Å²) >= 11 is 0. The van der Waals surface area contributed by atoms with Crippen LogP contribution in [0.4, 0.5) is 0 Å². The zero-order valence-corrected chi connectivity index (χ0v) is 13.1. The molecule has 132 valence electrons. The van der Waals surface area contributed by atoms with Gasteiger partial charge in [-0.15, -0.1) is 0 Å². The standard InChI is InChI=1S/C13H24N4O6/c1-6(2)10(17-11(20)7(14)5-18)12(21)16-8(13(22)23)3-4-9(15)19/h6-8,10,18H,3-5,14H2,1-2H3,(H2,15,19)(H,16,21)(H,17,20)(H,22,23)/t7-,8-,10-/m0/s1. The molecule has 3 atom stereocenters. The first kappa shape index (κ1) is 20.8. The first-order chi connectivity index (χ1) is 10.6. The van der Waals surface area contributed by atoms with Gasteiger partial charge in [-0.25, -0.2) is 4.79 Å². The number of amides is 3.